The van der Waals surface area contributed by atoms with Crippen molar-refractivity contribution in [3.63, 3.8) is 0 Å². The van der Waals surface area contributed by atoms with Crippen molar-refractivity contribution in [3.05, 3.63) is 0 Å². The van der Waals surface area contributed by atoms with Gasteiger partial charge in [0.15, 0.2) is 0 Å². The van der Waals surface area contributed by atoms with Crippen molar-refractivity contribution in [1.82, 2.24) is 0 Å². The summed E-state index contributed by atoms with van der Waals surface area (Å²) < 4.78 is 0. The molecule has 2 atom stereocenters. The minimum Gasteiger partial charge on any atom is -0.0651 e. The van der Waals surface area contributed by atoms with Crippen molar-refractivity contribution in [1.29, 1.82) is 0 Å². The molecule has 0 heterocycles. The molecule has 0 aromatic heterocycles. The average molecular weight is 194 g/mol. The molecule has 3 rings (SSSR count). The highest BCUT2D eigenvalue weighted by Crippen LogP contribution is 2.75. The van der Waals surface area contributed by atoms with Crippen LogP contribution >= 0.6 is 0 Å². The second-order valence-electron chi connectivity index (χ2n) is 6.48. The summed E-state index contributed by atoms with van der Waals surface area (Å²) in [6.45, 7) is 12.2. The third-order valence-corrected chi connectivity index (χ3v) is 5.98. The molecule has 0 saturated heterocycles. The van der Waals surface area contributed by atoms with Crippen molar-refractivity contribution in [2.24, 2.45) is 28.6 Å². The Morgan fingerprint density at radius 1 is 1.29 bits per heavy atom. The van der Waals surface area contributed by atoms with Gasteiger partial charge in [0, 0.05) is 0 Å². The smallest absolute Gasteiger partial charge is 0.0230 e. The Balaban J connectivity index is 2.08. The van der Waals surface area contributed by atoms with Crippen LogP contribution in [0.25, 0.3) is 0 Å². The lowest BCUT2D eigenvalue weighted by Crippen LogP contribution is -2.66. The van der Waals surface area contributed by atoms with Gasteiger partial charge in [-0.25, -0.2) is 0 Å². The molecule has 2 bridgehead atoms. The van der Waals surface area contributed by atoms with Gasteiger partial charge in [-0.05, 0) is 41.4 Å². The van der Waals surface area contributed by atoms with E-state index in [2.05, 4.69) is 34.6 Å². The Labute approximate surface area is 89.5 Å². The van der Waals surface area contributed by atoms with Gasteiger partial charge in [0.25, 0.3) is 0 Å². The van der Waals surface area contributed by atoms with Crippen molar-refractivity contribution in [2.45, 2.75) is 60.3 Å². The fourth-order valence-electron chi connectivity index (χ4n) is 4.15. The van der Waals surface area contributed by atoms with E-state index in [0.717, 1.165) is 23.2 Å². The first-order chi connectivity index (χ1) is 6.48. The van der Waals surface area contributed by atoms with Gasteiger partial charge < -0.3 is 0 Å². The first-order valence-corrected chi connectivity index (χ1v) is 6.48. The molecule has 0 amide bonds. The molecule has 2 unspecified atom stereocenters. The standard InChI is InChI=1S/C14H26/c1-6-12-11-8-14(12,9-11)10(3)13(4,5)7-2/h10-12H,6-9H2,1-5H3. The molecule has 0 spiro atoms. The molecule has 3 aliphatic carbocycles. The number of hydrogen-bond donors (Lipinski definition) is 0. The Bertz CT molecular complexity index is 220. The normalized spacial score (nSPS) is 42.6. The monoisotopic (exact) mass is 194 g/mol. The van der Waals surface area contributed by atoms with E-state index in [9.17, 15) is 0 Å². The minimum atomic E-state index is 0.554. The first kappa shape index (κ1) is 10.5. The third kappa shape index (κ3) is 1.06. The van der Waals surface area contributed by atoms with E-state index in [4.69, 9.17) is 0 Å². The lowest BCUT2D eigenvalue weighted by atomic mass is 9.31. The Morgan fingerprint density at radius 2 is 1.86 bits per heavy atom. The van der Waals surface area contributed by atoms with Crippen molar-refractivity contribution >= 4 is 0 Å². The molecule has 0 heteroatoms. The highest BCUT2D eigenvalue weighted by atomic mass is 14.7. The molecule has 3 saturated carbocycles. The second kappa shape index (κ2) is 3.00. The summed E-state index contributed by atoms with van der Waals surface area (Å²) in [5.41, 5.74) is 1.33. The summed E-state index contributed by atoms with van der Waals surface area (Å²) in [7, 11) is 0. The molecule has 0 aliphatic heterocycles. The fraction of sp³-hybridized carbons (Fsp3) is 1.00. The van der Waals surface area contributed by atoms with Crippen LogP contribution in [0.5, 0.6) is 0 Å². The number of rotatable bonds is 4. The quantitative estimate of drug-likeness (QED) is 0.618. The van der Waals surface area contributed by atoms with Crippen molar-refractivity contribution in [2.75, 3.05) is 0 Å². The lowest BCUT2D eigenvalue weighted by Gasteiger charge is -2.73. The van der Waals surface area contributed by atoms with Gasteiger partial charge >= 0.3 is 0 Å². The SMILES string of the molecule is CCC1C2CC1(C(C)C(C)(C)CC)C2. The molecule has 0 aromatic rings. The minimum absolute atomic E-state index is 0.554. The Kier molecular flexibility index (Phi) is 2.25. The fourth-order valence-corrected chi connectivity index (χ4v) is 4.15. The van der Waals surface area contributed by atoms with Crippen LogP contribution in [-0.2, 0) is 0 Å². The third-order valence-electron chi connectivity index (χ3n) is 5.98. The molecule has 82 valence electrons. The predicted octanol–water partition coefficient (Wildman–Crippen LogP) is 4.49. The van der Waals surface area contributed by atoms with E-state index in [1.807, 2.05) is 0 Å². The second-order valence-corrected chi connectivity index (χ2v) is 6.48. The summed E-state index contributed by atoms with van der Waals surface area (Å²) in [5, 5.41) is 0. The molecule has 0 N–H and O–H groups in total. The largest absolute Gasteiger partial charge is 0.0651 e. The van der Waals surface area contributed by atoms with E-state index in [1.54, 1.807) is 12.8 Å². The molecule has 3 fully saturated rings. The molecule has 14 heavy (non-hydrogen) atoms. The highest BCUT2D eigenvalue weighted by Gasteiger charge is 2.67. The topological polar surface area (TPSA) is 0 Å². The van der Waals surface area contributed by atoms with Gasteiger partial charge in [-0.1, -0.05) is 47.5 Å². The summed E-state index contributed by atoms with van der Waals surface area (Å²) in [5.74, 6) is 3.13. The van der Waals surface area contributed by atoms with Crippen molar-refractivity contribution < 1.29 is 0 Å². The van der Waals surface area contributed by atoms with E-state index in [0.29, 0.717) is 5.41 Å². The summed E-state index contributed by atoms with van der Waals surface area (Å²) >= 11 is 0. The summed E-state index contributed by atoms with van der Waals surface area (Å²) in [4.78, 5) is 0. The maximum absolute atomic E-state index is 2.52. The van der Waals surface area contributed by atoms with Crippen LogP contribution in [0.15, 0.2) is 0 Å². The van der Waals surface area contributed by atoms with Gasteiger partial charge in [0.05, 0.1) is 0 Å². The van der Waals surface area contributed by atoms with Crippen LogP contribution in [0.1, 0.15) is 60.3 Å². The molecular weight excluding hydrogens is 168 g/mol. The van der Waals surface area contributed by atoms with E-state index < -0.39 is 0 Å². The van der Waals surface area contributed by atoms with E-state index >= 15 is 0 Å². The maximum atomic E-state index is 2.52. The van der Waals surface area contributed by atoms with Crippen molar-refractivity contribution in [3.8, 4) is 0 Å². The molecule has 0 aromatic carbocycles. The first-order valence-electron chi connectivity index (χ1n) is 6.48. The predicted molar refractivity (Wildman–Crippen MR) is 62.2 cm³/mol. The van der Waals surface area contributed by atoms with Gasteiger partial charge in [-0.15, -0.1) is 0 Å². The Morgan fingerprint density at radius 3 is 2.14 bits per heavy atom. The van der Waals surface area contributed by atoms with Crippen LogP contribution in [0.4, 0.5) is 0 Å². The van der Waals surface area contributed by atoms with E-state index in [-0.39, 0.29) is 0 Å². The zero-order chi connectivity index (χ0) is 10.6. The van der Waals surface area contributed by atoms with Crippen LogP contribution in [0.3, 0.4) is 0 Å². The van der Waals surface area contributed by atoms with Gasteiger partial charge in [-0.3, -0.25) is 0 Å². The van der Waals surface area contributed by atoms with E-state index in [1.165, 1.54) is 12.8 Å². The molecule has 0 radical (unpaired) electrons. The van der Waals surface area contributed by atoms with Gasteiger partial charge in [-0.2, -0.15) is 0 Å². The summed E-state index contributed by atoms with van der Waals surface area (Å²) in [6.07, 6.45) is 5.86. The zero-order valence-corrected chi connectivity index (χ0v) is 10.6. The van der Waals surface area contributed by atoms with Crippen LogP contribution in [0.2, 0.25) is 0 Å². The molecular formula is C14H26. The molecule has 3 aliphatic rings. The van der Waals surface area contributed by atoms with Gasteiger partial charge in [0.2, 0.25) is 0 Å². The highest BCUT2D eigenvalue weighted by molar-refractivity contribution is 5.16. The molecule has 0 nitrogen and oxygen atoms in total. The van der Waals surface area contributed by atoms with Crippen LogP contribution in [0, 0.1) is 28.6 Å². The zero-order valence-electron chi connectivity index (χ0n) is 10.6. The summed E-state index contributed by atoms with van der Waals surface area (Å²) in [6, 6.07) is 0. The average Bonchev–Trinajstić information content (AvgIpc) is 2.01. The van der Waals surface area contributed by atoms with Crippen LogP contribution in [-0.4, -0.2) is 0 Å². The number of hydrogen-bond acceptors (Lipinski definition) is 0. The van der Waals surface area contributed by atoms with Crippen LogP contribution < -0.4 is 0 Å². The Hall–Kier alpha value is 0. The lowest BCUT2D eigenvalue weighted by molar-refractivity contribution is -0.244. The maximum Gasteiger partial charge on any atom is -0.0230 e. The van der Waals surface area contributed by atoms with Gasteiger partial charge in [0.1, 0.15) is 0 Å².